The van der Waals surface area contributed by atoms with E-state index in [4.69, 9.17) is 11.5 Å². The highest BCUT2D eigenvalue weighted by Gasteiger charge is 2.07. The third kappa shape index (κ3) is 3.07. The topological polar surface area (TPSA) is 94.0 Å². The molecule has 1 aromatic carbocycles. The number of nitrogens with zero attached hydrogens (tertiary/aromatic N) is 4. The van der Waals surface area contributed by atoms with Gasteiger partial charge in [-0.2, -0.15) is 15.0 Å². The number of hydrogen-bond acceptors (Lipinski definition) is 6. The number of hydrogen-bond donors (Lipinski definition) is 2. The minimum absolute atomic E-state index is 0.143. The first-order valence-corrected chi connectivity index (χ1v) is 5.67. The first-order chi connectivity index (χ1) is 8.65. The van der Waals surface area contributed by atoms with Gasteiger partial charge in [0.1, 0.15) is 0 Å². The zero-order valence-corrected chi connectivity index (χ0v) is 10.2. The molecule has 1 heterocycles. The van der Waals surface area contributed by atoms with Crippen molar-refractivity contribution < 1.29 is 0 Å². The second kappa shape index (κ2) is 5.31. The van der Waals surface area contributed by atoms with E-state index in [1.807, 2.05) is 30.1 Å². The van der Waals surface area contributed by atoms with Crippen LogP contribution in [0.15, 0.2) is 30.3 Å². The third-order valence-electron chi connectivity index (χ3n) is 2.58. The van der Waals surface area contributed by atoms with Crippen LogP contribution in [0.25, 0.3) is 0 Å². The van der Waals surface area contributed by atoms with Crippen molar-refractivity contribution >= 4 is 17.8 Å². The Kier molecular flexibility index (Phi) is 3.57. The predicted octanol–water partition coefficient (Wildman–Crippen LogP) is 0.715. The van der Waals surface area contributed by atoms with Gasteiger partial charge in [-0.15, -0.1) is 0 Å². The van der Waals surface area contributed by atoms with E-state index in [0.29, 0.717) is 5.95 Å². The fourth-order valence-electron chi connectivity index (χ4n) is 1.61. The van der Waals surface area contributed by atoms with Crippen molar-refractivity contribution in [2.45, 2.75) is 6.42 Å². The molecular formula is C12H16N6. The van der Waals surface area contributed by atoms with E-state index in [-0.39, 0.29) is 11.9 Å². The molecule has 0 amide bonds. The smallest absolute Gasteiger partial charge is 0.231 e. The summed E-state index contributed by atoms with van der Waals surface area (Å²) in [6.07, 6.45) is 0.906. The number of anilines is 3. The Morgan fingerprint density at radius 1 is 1.00 bits per heavy atom. The maximum Gasteiger partial charge on any atom is 0.231 e. The average Bonchev–Trinajstić information content (AvgIpc) is 2.36. The first-order valence-electron chi connectivity index (χ1n) is 5.67. The standard InChI is InChI=1S/C12H16N6/c1-18(8-7-9-5-3-2-4-6-9)12-16-10(13)15-11(14)17-12/h2-6H,7-8H2,1H3,(H4,13,14,15,16,17). The lowest BCUT2D eigenvalue weighted by molar-refractivity contribution is 0.833. The van der Waals surface area contributed by atoms with Gasteiger partial charge in [-0.1, -0.05) is 30.3 Å². The summed E-state index contributed by atoms with van der Waals surface area (Å²) in [5.74, 6) is 0.782. The van der Waals surface area contributed by atoms with Gasteiger partial charge >= 0.3 is 0 Å². The lowest BCUT2D eigenvalue weighted by Gasteiger charge is -2.17. The molecule has 0 saturated heterocycles. The molecule has 94 valence electrons. The molecule has 6 heteroatoms. The molecule has 0 radical (unpaired) electrons. The Morgan fingerprint density at radius 3 is 2.22 bits per heavy atom. The van der Waals surface area contributed by atoms with Crippen LogP contribution in [-0.2, 0) is 6.42 Å². The minimum atomic E-state index is 0.143. The molecule has 0 aliphatic heterocycles. The molecule has 0 aliphatic carbocycles. The molecule has 0 fully saturated rings. The van der Waals surface area contributed by atoms with Gasteiger partial charge in [0.05, 0.1) is 0 Å². The number of nitrogen functional groups attached to an aromatic ring is 2. The van der Waals surface area contributed by atoms with E-state index in [2.05, 4.69) is 27.1 Å². The van der Waals surface area contributed by atoms with Crippen molar-refractivity contribution in [1.82, 2.24) is 15.0 Å². The second-order valence-corrected chi connectivity index (χ2v) is 4.01. The van der Waals surface area contributed by atoms with Crippen molar-refractivity contribution in [2.75, 3.05) is 30.0 Å². The average molecular weight is 244 g/mol. The molecule has 0 spiro atoms. The van der Waals surface area contributed by atoms with Crippen LogP contribution in [0.2, 0.25) is 0 Å². The van der Waals surface area contributed by atoms with Gasteiger partial charge in [0.2, 0.25) is 17.8 Å². The fraction of sp³-hybridized carbons (Fsp3) is 0.250. The SMILES string of the molecule is CN(CCc1ccccc1)c1nc(N)nc(N)n1. The van der Waals surface area contributed by atoms with Crippen molar-refractivity contribution in [3.8, 4) is 0 Å². The molecule has 0 bridgehead atoms. The van der Waals surface area contributed by atoms with E-state index in [1.54, 1.807) is 0 Å². The normalized spacial score (nSPS) is 10.3. The Balaban J connectivity index is 2.01. The van der Waals surface area contributed by atoms with Gasteiger partial charge in [0.25, 0.3) is 0 Å². The van der Waals surface area contributed by atoms with Crippen LogP contribution in [0.1, 0.15) is 5.56 Å². The molecular weight excluding hydrogens is 228 g/mol. The quantitative estimate of drug-likeness (QED) is 0.822. The number of benzene rings is 1. The van der Waals surface area contributed by atoms with Crippen molar-refractivity contribution in [3.63, 3.8) is 0 Å². The highest BCUT2D eigenvalue weighted by Crippen LogP contribution is 2.09. The van der Waals surface area contributed by atoms with E-state index in [1.165, 1.54) is 5.56 Å². The van der Waals surface area contributed by atoms with E-state index in [0.717, 1.165) is 13.0 Å². The Labute approximate surface area is 106 Å². The zero-order chi connectivity index (χ0) is 13.0. The molecule has 6 nitrogen and oxygen atoms in total. The van der Waals surface area contributed by atoms with E-state index >= 15 is 0 Å². The van der Waals surface area contributed by atoms with Crippen molar-refractivity contribution in [3.05, 3.63) is 35.9 Å². The lowest BCUT2D eigenvalue weighted by atomic mass is 10.1. The molecule has 2 aromatic rings. The van der Waals surface area contributed by atoms with E-state index < -0.39 is 0 Å². The summed E-state index contributed by atoms with van der Waals surface area (Å²) >= 11 is 0. The van der Waals surface area contributed by atoms with Gasteiger partial charge in [-0.3, -0.25) is 0 Å². The monoisotopic (exact) mass is 244 g/mol. The molecule has 2 rings (SSSR count). The van der Waals surface area contributed by atoms with Gasteiger partial charge in [-0.05, 0) is 12.0 Å². The number of aromatic nitrogens is 3. The van der Waals surface area contributed by atoms with Crippen LogP contribution in [0, 0.1) is 0 Å². The summed E-state index contributed by atoms with van der Waals surface area (Å²) in [6.45, 7) is 0.785. The van der Waals surface area contributed by atoms with Gasteiger partial charge in [-0.25, -0.2) is 0 Å². The largest absolute Gasteiger partial charge is 0.368 e. The summed E-state index contributed by atoms with van der Waals surface area (Å²) in [4.78, 5) is 13.7. The van der Waals surface area contributed by atoms with Crippen LogP contribution in [0.5, 0.6) is 0 Å². The van der Waals surface area contributed by atoms with Gasteiger partial charge in [0.15, 0.2) is 0 Å². The van der Waals surface area contributed by atoms with Crippen LogP contribution >= 0.6 is 0 Å². The number of likely N-dealkylation sites (N-methyl/N-ethyl adjacent to an activating group) is 1. The summed E-state index contributed by atoms with van der Waals surface area (Å²) in [7, 11) is 1.90. The van der Waals surface area contributed by atoms with Crippen LogP contribution in [0.4, 0.5) is 17.8 Å². The maximum atomic E-state index is 5.54. The Hall–Kier alpha value is -2.37. The minimum Gasteiger partial charge on any atom is -0.368 e. The van der Waals surface area contributed by atoms with E-state index in [9.17, 15) is 0 Å². The zero-order valence-electron chi connectivity index (χ0n) is 10.2. The highest BCUT2D eigenvalue weighted by molar-refractivity contribution is 5.39. The van der Waals surface area contributed by atoms with Crippen molar-refractivity contribution in [2.24, 2.45) is 0 Å². The summed E-state index contributed by atoms with van der Waals surface area (Å²) < 4.78 is 0. The Bertz CT molecular complexity index is 493. The highest BCUT2D eigenvalue weighted by atomic mass is 15.3. The second-order valence-electron chi connectivity index (χ2n) is 4.01. The maximum absolute atomic E-state index is 5.54. The molecule has 0 aliphatic rings. The summed E-state index contributed by atoms with van der Waals surface area (Å²) in [6, 6.07) is 10.2. The summed E-state index contributed by atoms with van der Waals surface area (Å²) in [5.41, 5.74) is 12.3. The predicted molar refractivity (Wildman–Crippen MR) is 72.1 cm³/mol. The van der Waals surface area contributed by atoms with Crippen LogP contribution in [0.3, 0.4) is 0 Å². The van der Waals surface area contributed by atoms with Gasteiger partial charge in [0, 0.05) is 13.6 Å². The lowest BCUT2D eigenvalue weighted by Crippen LogP contribution is -2.23. The third-order valence-corrected chi connectivity index (χ3v) is 2.58. The molecule has 0 unspecified atom stereocenters. The van der Waals surface area contributed by atoms with Gasteiger partial charge < -0.3 is 16.4 Å². The van der Waals surface area contributed by atoms with Crippen molar-refractivity contribution in [1.29, 1.82) is 0 Å². The van der Waals surface area contributed by atoms with Crippen LogP contribution in [-0.4, -0.2) is 28.5 Å². The van der Waals surface area contributed by atoms with Crippen LogP contribution < -0.4 is 16.4 Å². The number of nitrogens with two attached hydrogens (primary N) is 2. The molecule has 0 saturated carbocycles. The number of rotatable bonds is 4. The molecule has 4 N–H and O–H groups in total. The molecule has 1 aromatic heterocycles. The molecule has 0 atom stereocenters. The Morgan fingerprint density at radius 2 is 1.61 bits per heavy atom. The first kappa shape index (κ1) is 12.1. The summed E-state index contributed by atoms with van der Waals surface area (Å²) in [5, 5.41) is 0. The molecule has 18 heavy (non-hydrogen) atoms. The fourth-order valence-corrected chi connectivity index (χ4v) is 1.61.